The number of nitrogens with zero attached hydrogens (tertiary/aromatic N) is 4. The second-order valence-electron chi connectivity index (χ2n) is 12.1. The van der Waals surface area contributed by atoms with Crippen LogP contribution in [-0.4, -0.2) is 60.8 Å². The van der Waals surface area contributed by atoms with Crippen LogP contribution in [-0.2, 0) is 16.6 Å². The van der Waals surface area contributed by atoms with E-state index < -0.39 is 0 Å². The van der Waals surface area contributed by atoms with Crippen molar-refractivity contribution in [2.75, 3.05) is 50.7 Å². The molecule has 0 spiro atoms. The molecule has 2 fully saturated rings. The standard InChI is InChI=1S/C31H43N5O3/c1-9-20-14-22(20)27-18(2)19(3)28-24(33-30(32-7)36(28)34-27)17-26(37)21-15-23(31(4,5)6)29(38-8)25(16-21)35-10-12-39-13-11-35/h15-16,20,22H,9-14,17H2,1-8H3,(H,32,33). The number of carbonyl (C=O) groups is 1. The molecule has 1 aliphatic heterocycles. The van der Waals surface area contributed by atoms with Gasteiger partial charge in [-0.15, -0.1) is 0 Å². The van der Waals surface area contributed by atoms with E-state index in [1.165, 1.54) is 24.1 Å². The first-order chi connectivity index (χ1) is 18.6. The van der Waals surface area contributed by atoms with Crippen molar-refractivity contribution in [2.24, 2.45) is 5.92 Å². The third kappa shape index (κ3) is 4.99. The lowest BCUT2D eigenvalue weighted by molar-refractivity contribution is 0.0992. The molecule has 1 saturated heterocycles. The molecule has 2 aromatic heterocycles. The van der Waals surface area contributed by atoms with Crippen molar-refractivity contribution < 1.29 is 14.3 Å². The van der Waals surface area contributed by atoms with Crippen molar-refractivity contribution in [3.63, 3.8) is 0 Å². The quantitative estimate of drug-likeness (QED) is 0.385. The first-order valence-corrected chi connectivity index (χ1v) is 14.2. The first-order valence-electron chi connectivity index (χ1n) is 14.2. The molecule has 39 heavy (non-hydrogen) atoms. The molecule has 8 heteroatoms. The van der Waals surface area contributed by atoms with Crippen LogP contribution in [0.4, 0.5) is 11.6 Å². The highest BCUT2D eigenvalue weighted by molar-refractivity contribution is 6.00. The lowest BCUT2D eigenvalue weighted by Gasteiger charge is -2.33. The third-order valence-electron chi connectivity index (χ3n) is 8.54. The maximum atomic E-state index is 14.0. The van der Waals surface area contributed by atoms with Crippen molar-refractivity contribution in [2.45, 2.75) is 72.1 Å². The summed E-state index contributed by atoms with van der Waals surface area (Å²) < 4.78 is 13.4. The zero-order valence-corrected chi connectivity index (χ0v) is 24.8. The number of aromatic nitrogens is 3. The number of ether oxygens (including phenoxy) is 2. The Hall–Kier alpha value is -3.13. The number of imidazole rings is 1. The van der Waals surface area contributed by atoms with E-state index in [1.807, 2.05) is 23.7 Å². The van der Waals surface area contributed by atoms with Gasteiger partial charge in [0.25, 0.3) is 0 Å². The summed E-state index contributed by atoms with van der Waals surface area (Å²) in [6.07, 6.45) is 2.57. The van der Waals surface area contributed by atoms with Crippen LogP contribution in [0.1, 0.15) is 84.9 Å². The number of methoxy groups -OCH3 is 1. The molecule has 2 aliphatic rings. The lowest BCUT2D eigenvalue weighted by Crippen LogP contribution is -2.37. The van der Waals surface area contributed by atoms with Gasteiger partial charge in [0.1, 0.15) is 5.75 Å². The summed E-state index contributed by atoms with van der Waals surface area (Å²) in [4.78, 5) is 21.1. The van der Waals surface area contributed by atoms with Gasteiger partial charge in [-0.05, 0) is 54.9 Å². The van der Waals surface area contributed by atoms with E-state index in [4.69, 9.17) is 19.6 Å². The maximum absolute atomic E-state index is 14.0. The van der Waals surface area contributed by atoms with E-state index in [-0.39, 0.29) is 17.6 Å². The van der Waals surface area contributed by atoms with E-state index in [2.05, 4.69) is 51.8 Å². The van der Waals surface area contributed by atoms with Gasteiger partial charge in [0.05, 0.1) is 49.3 Å². The summed E-state index contributed by atoms with van der Waals surface area (Å²) in [7, 11) is 3.57. The Bertz CT molecular complexity index is 1400. The number of carbonyl (C=O) groups excluding carboxylic acids is 1. The normalized spacial score (nSPS) is 19.4. The van der Waals surface area contributed by atoms with Crippen molar-refractivity contribution in [1.82, 2.24) is 14.6 Å². The Morgan fingerprint density at radius 1 is 1.18 bits per heavy atom. The maximum Gasteiger partial charge on any atom is 0.224 e. The summed E-state index contributed by atoms with van der Waals surface area (Å²) in [5.41, 5.74) is 7.68. The highest BCUT2D eigenvalue weighted by Crippen LogP contribution is 2.50. The van der Waals surface area contributed by atoms with Gasteiger partial charge in [-0.2, -0.15) is 9.61 Å². The Balaban J connectivity index is 1.56. The first kappa shape index (κ1) is 27.4. The predicted octanol–water partition coefficient (Wildman–Crippen LogP) is 5.47. The van der Waals surface area contributed by atoms with E-state index in [9.17, 15) is 4.79 Å². The van der Waals surface area contributed by atoms with Gasteiger partial charge in [-0.3, -0.25) is 4.79 Å². The number of nitrogens with one attached hydrogen (secondary N) is 1. The number of rotatable bonds is 8. The number of Topliss-reactive ketones (excluding diaryl/α,β-unsaturated/α-hetero) is 1. The van der Waals surface area contributed by atoms with Gasteiger partial charge in [0.15, 0.2) is 5.78 Å². The minimum Gasteiger partial charge on any atom is -0.494 e. The van der Waals surface area contributed by atoms with Crippen LogP contribution >= 0.6 is 0 Å². The fourth-order valence-electron chi connectivity index (χ4n) is 5.99. The zero-order chi connectivity index (χ0) is 28.1. The SMILES string of the molecule is CCC1CC1c1nn2c(NC)nc(CC(=O)c3cc(N4CCOCC4)c(OC)c(C(C)(C)C)c3)c2c(C)c1C. The van der Waals surface area contributed by atoms with Crippen molar-refractivity contribution in [3.8, 4) is 5.75 Å². The molecule has 210 valence electrons. The number of fused-ring (bicyclic) bond motifs is 1. The van der Waals surface area contributed by atoms with Crippen LogP contribution < -0.4 is 15.0 Å². The largest absolute Gasteiger partial charge is 0.494 e. The van der Waals surface area contributed by atoms with Gasteiger partial charge < -0.3 is 19.7 Å². The summed E-state index contributed by atoms with van der Waals surface area (Å²) >= 11 is 0. The minimum atomic E-state index is -0.198. The predicted molar refractivity (Wildman–Crippen MR) is 156 cm³/mol. The average Bonchev–Trinajstić information content (AvgIpc) is 3.63. The Morgan fingerprint density at radius 2 is 1.90 bits per heavy atom. The van der Waals surface area contributed by atoms with Crippen LogP contribution in [0.3, 0.4) is 0 Å². The second-order valence-corrected chi connectivity index (χ2v) is 12.1. The molecule has 2 unspecified atom stereocenters. The summed E-state index contributed by atoms with van der Waals surface area (Å²) in [6.45, 7) is 15.9. The number of ketones is 1. The molecule has 1 saturated carbocycles. The molecular formula is C31H43N5O3. The zero-order valence-electron chi connectivity index (χ0n) is 24.8. The van der Waals surface area contributed by atoms with Crippen molar-refractivity contribution >= 4 is 22.9 Å². The van der Waals surface area contributed by atoms with Crippen LogP contribution in [0.15, 0.2) is 12.1 Å². The van der Waals surface area contributed by atoms with Crippen LogP contribution in [0.5, 0.6) is 5.75 Å². The van der Waals surface area contributed by atoms with E-state index in [1.54, 1.807) is 7.11 Å². The fraction of sp³-hybridized carbons (Fsp3) is 0.581. The second kappa shape index (κ2) is 10.5. The van der Waals surface area contributed by atoms with Crippen LogP contribution in [0.25, 0.3) is 5.52 Å². The molecule has 2 atom stereocenters. The topological polar surface area (TPSA) is 81.0 Å². The molecule has 0 amide bonds. The lowest BCUT2D eigenvalue weighted by atomic mass is 9.84. The minimum absolute atomic E-state index is 0.0367. The molecule has 1 N–H and O–H groups in total. The molecule has 5 rings (SSSR count). The van der Waals surface area contributed by atoms with Gasteiger partial charge in [0, 0.05) is 37.2 Å². The van der Waals surface area contributed by atoms with Crippen LogP contribution in [0, 0.1) is 19.8 Å². The smallest absolute Gasteiger partial charge is 0.224 e. The molecule has 8 nitrogen and oxygen atoms in total. The highest BCUT2D eigenvalue weighted by Gasteiger charge is 2.40. The van der Waals surface area contributed by atoms with E-state index in [0.717, 1.165) is 46.9 Å². The number of hydrogen-bond acceptors (Lipinski definition) is 7. The number of anilines is 2. The van der Waals surface area contributed by atoms with Gasteiger partial charge in [0.2, 0.25) is 5.95 Å². The monoisotopic (exact) mass is 533 g/mol. The van der Waals surface area contributed by atoms with Crippen molar-refractivity contribution in [1.29, 1.82) is 0 Å². The van der Waals surface area contributed by atoms with Crippen LogP contribution in [0.2, 0.25) is 0 Å². The van der Waals surface area contributed by atoms with E-state index >= 15 is 0 Å². The Labute approximate surface area is 232 Å². The summed E-state index contributed by atoms with van der Waals surface area (Å²) in [5.74, 6) is 2.77. The third-order valence-corrected chi connectivity index (χ3v) is 8.54. The Kier molecular flexibility index (Phi) is 7.35. The molecule has 3 heterocycles. The van der Waals surface area contributed by atoms with Crippen molar-refractivity contribution in [3.05, 3.63) is 45.8 Å². The molecule has 0 bridgehead atoms. The van der Waals surface area contributed by atoms with Gasteiger partial charge >= 0.3 is 0 Å². The number of morpholine rings is 1. The Morgan fingerprint density at radius 3 is 2.49 bits per heavy atom. The molecule has 3 aromatic rings. The van der Waals surface area contributed by atoms with Gasteiger partial charge in [-0.1, -0.05) is 34.1 Å². The average molecular weight is 534 g/mol. The number of aryl methyl sites for hydroxylation is 1. The van der Waals surface area contributed by atoms with Gasteiger partial charge in [-0.25, -0.2) is 4.98 Å². The van der Waals surface area contributed by atoms with E-state index in [0.29, 0.717) is 36.6 Å². The molecular weight excluding hydrogens is 490 g/mol. The molecule has 1 aliphatic carbocycles. The number of benzene rings is 1. The summed E-state index contributed by atoms with van der Waals surface area (Å²) in [5, 5.41) is 8.26. The molecule has 0 radical (unpaired) electrons. The fourth-order valence-corrected chi connectivity index (χ4v) is 5.99. The molecule has 1 aromatic carbocycles. The highest BCUT2D eigenvalue weighted by atomic mass is 16.5. The number of hydrogen-bond donors (Lipinski definition) is 1. The summed E-state index contributed by atoms with van der Waals surface area (Å²) in [6, 6.07) is 4.00.